The van der Waals surface area contributed by atoms with E-state index in [0.29, 0.717) is 38.5 Å². The van der Waals surface area contributed by atoms with Gasteiger partial charge in [0, 0.05) is 18.7 Å². The van der Waals surface area contributed by atoms with Crippen molar-refractivity contribution in [3.8, 4) is 5.69 Å². The van der Waals surface area contributed by atoms with E-state index in [-0.39, 0.29) is 5.91 Å². The Kier molecular flexibility index (Phi) is 8.40. The van der Waals surface area contributed by atoms with Crippen LogP contribution >= 0.6 is 15.9 Å². The monoisotopic (exact) mass is 485 g/mol. The van der Waals surface area contributed by atoms with E-state index in [4.69, 9.17) is 9.47 Å². The Hall–Kier alpha value is -2.48. The Morgan fingerprint density at radius 1 is 1.06 bits per heavy atom. The number of nitrogens with zero attached hydrogens (tertiary/aromatic N) is 2. The first-order valence-corrected chi connectivity index (χ1v) is 11.1. The van der Waals surface area contributed by atoms with E-state index < -0.39 is 0 Å². The van der Waals surface area contributed by atoms with Crippen LogP contribution in [0.2, 0.25) is 0 Å². The zero-order chi connectivity index (χ0) is 22.2. The second-order valence-corrected chi connectivity index (χ2v) is 7.99. The molecule has 0 bridgehead atoms. The maximum absolute atomic E-state index is 12.6. The number of hydrogen-bond donors (Lipinski definition) is 1. The number of hydrogen-bond acceptors (Lipinski definition) is 4. The van der Waals surface area contributed by atoms with Crippen LogP contribution < -0.4 is 5.32 Å². The van der Waals surface area contributed by atoms with E-state index in [1.54, 1.807) is 0 Å². The van der Waals surface area contributed by atoms with Crippen LogP contribution in [0.5, 0.6) is 0 Å². The van der Waals surface area contributed by atoms with Gasteiger partial charge in [-0.1, -0.05) is 24.3 Å². The molecule has 1 N–H and O–H groups in total. The molecule has 0 radical (unpaired) electrons. The highest BCUT2D eigenvalue weighted by Gasteiger charge is 2.11. The van der Waals surface area contributed by atoms with Crippen LogP contribution in [0.4, 0.5) is 0 Å². The van der Waals surface area contributed by atoms with Crippen molar-refractivity contribution < 1.29 is 14.3 Å². The lowest BCUT2D eigenvalue weighted by atomic mass is 10.1. The van der Waals surface area contributed by atoms with Crippen LogP contribution in [0.25, 0.3) is 5.69 Å². The van der Waals surface area contributed by atoms with Gasteiger partial charge in [0.15, 0.2) is 0 Å². The Morgan fingerprint density at radius 3 is 2.45 bits per heavy atom. The lowest BCUT2D eigenvalue weighted by Crippen LogP contribution is -2.22. The summed E-state index contributed by atoms with van der Waals surface area (Å²) in [6.45, 7) is 8.77. The summed E-state index contributed by atoms with van der Waals surface area (Å²) in [6.07, 6.45) is 0. The standard InChI is InChI=1S/C24H28BrN3O3/c1-4-30-12-13-31-16-20-7-5-6-19(14-20)15-26-24(29)21-8-10-22(11-9-21)28-18(3)23(25)17(2)27-28/h5-11,14H,4,12-13,15-16H2,1-3H3,(H,26,29). The molecule has 1 heterocycles. The van der Waals surface area contributed by atoms with Crippen LogP contribution in [0.3, 0.4) is 0 Å². The number of carbonyl (C=O) groups excluding carboxylic acids is 1. The molecule has 31 heavy (non-hydrogen) atoms. The molecule has 3 aromatic rings. The van der Waals surface area contributed by atoms with Gasteiger partial charge in [-0.3, -0.25) is 4.79 Å². The number of benzene rings is 2. The van der Waals surface area contributed by atoms with Gasteiger partial charge in [-0.25, -0.2) is 4.68 Å². The lowest BCUT2D eigenvalue weighted by Gasteiger charge is -2.09. The first-order valence-electron chi connectivity index (χ1n) is 10.3. The first kappa shape index (κ1) is 23.2. The molecule has 1 aromatic heterocycles. The van der Waals surface area contributed by atoms with Crippen LogP contribution in [0.15, 0.2) is 53.0 Å². The molecule has 3 rings (SSSR count). The van der Waals surface area contributed by atoms with Crippen LogP contribution in [-0.4, -0.2) is 35.5 Å². The molecule has 1 amide bonds. The predicted octanol–water partition coefficient (Wildman–Crippen LogP) is 4.73. The number of aryl methyl sites for hydroxylation is 1. The van der Waals surface area contributed by atoms with E-state index in [2.05, 4.69) is 26.3 Å². The molecule has 0 spiro atoms. The van der Waals surface area contributed by atoms with E-state index in [1.807, 2.05) is 74.0 Å². The fourth-order valence-corrected chi connectivity index (χ4v) is 3.44. The topological polar surface area (TPSA) is 65.4 Å². The number of ether oxygens (including phenoxy) is 2. The average molecular weight is 486 g/mol. The molecule has 0 saturated carbocycles. The second-order valence-electron chi connectivity index (χ2n) is 7.20. The van der Waals surface area contributed by atoms with Gasteiger partial charge in [0.05, 0.1) is 41.4 Å². The summed E-state index contributed by atoms with van der Waals surface area (Å²) in [6, 6.07) is 15.5. The van der Waals surface area contributed by atoms with Crippen molar-refractivity contribution in [2.45, 2.75) is 33.9 Å². The molecule has 0 atom stereocenters. The minimum absolute atomic E-state index is 0.112. The molecule has 0 aliphatic heterocycles. The van der Waals surface area contributed by atoms with Gasteiger partial charge in [-0.2, -0.15) is 5.10 Å². The fraction of sp³-hybridized carbons (Fsp3) is 0.333. The summed E-state index contributed by atoms with van der Waals surface area (Å²) < 4.78 is 13.7. The minimum atomic E-state index is -0.112. The third-order valence-electron chi connectivity index (χ3n) is 4.87. The summed E-state index contributed by atoms with van der Waals surface area (Å²) in [5, 5.41) is 7.51. The van der Waals surface area contributed by atoms with Gasteiger partial charge in [-0.15, -0.1) is 0 Å². The number of nitrogens with one attached hydrogen (secondary N) is 1. The highest BCUT2D eigenvalue weighted by Crippen LogP contribution is 2.23. The van der Waals surface area contributed by atoms with Gasteiger partial charge < -0.3 is 14.8 Å². The quantitative estimate of drug-likeness (QED) is 0.421. The third-order valence-corrected chi connectivity index (χ3v) is 6.01. The molecule has 7 heteroatoms. The smallest absolute Gasteiger partial charge is 0.251 e. The van der Waals surface area contributed by atoms with Gasteiger partial charge in [-0.05, 0) is 72.1 Å². The van der Waals surface area contributed by atoms with Crippen molar-refractivity contribution in [1.29, 1.82) is 0 Å². The molecule has 2 aromatic carbocycles. The highest BCUT2D eigenvalue weighted by molar-refractivity contribution is 9.10. The van der Waals surface area contributed by atoms with Crippen LogP contribution in [0, 0.1) is 13.8 Å². The Bertz CT molecular complexity index is 1020. The first-order chi connectivity index (χ1) is 15.0. The number of rotatable bonds is 10. The van der Waals surface area contributed by atoms with Gasteiger partial charge in [0.2, 0.25) is 0 Å². The Morgan fingerprint density at radius 2 is 1.77 bits per heavy atom. The van der Waals surface area contributed by atoms with Gasteiger partial charge >= 0.3 is 0 Å². The number of amides is 1. The second kappa shape index (κ2) is 11.2. The third kappa shape index (κ3) is 6.26. The van der Waals surface area contributed by atoms with Crippen molar-refractivity contribution in [3.05, 3.63) is 81.1 Å². The molecule has 164 valence electrons. The zero-order valence-electron chi connectivity index (χ0n) is 18.2. The van der Waals surface area contributed by atoms with Crippen molar-refractivity contribution in [2.75, 3.05) is 19.8 Å². The summed E-state index contributed by atoms with van der Waals surface area (Å²) in [4.78, 5) is 12.6. The van der Waals surface area contributed by atoms with E-state index in [0.717, 1.165) is 32.7 Å². The van der Waals surface area contributed by atoms with Gasteiger partial charge in [0.25, 0.3) is 5.91 Å². The molecule has 0 fully saturated rings. The number of aromatic nitrogens is 2. The number of halogens is 1. The van der Waals surface area contributed by atoms with E-state index in [9.17, 15) is 4.79 Å². The van der Waals surface area contributed by atoms with E-state index in [1.165, 1.54) is 0 Å². The average Bonchev–Trinajstić information content (AvgIpc) is 3.05. The maximum atomic E-state index is 12.6. The predicted molar refractivity (Wildman–Crippen MR) is 124 cm³/mol. The zero-order valence-corrected chi connectivity index (χ0v) is 19.7. The molecule has 0 aliphatic carbocycles. The largest absolute Gasteiger partial charge is 0.379 e. The van der Waals surface area contributed by atoms with E-state index >= 15 is 0 Å². The molecule has 0 saturated heterocycles. The molecule has 0 unspecified atom stereocenters. The highest BCUT2D eigenvalue weighted by atomic mass is 79.9. The normalized spacial score (nSPS) is 11.0. The Balaban J connectivity index is 1.55. The van der Waals surface area contributed by atoms with Gasteiger partial charge in [0.1, 0.15) is 0 Å². The molecular formula is C24H28BrN3O3. The van der Waals surface area contributed by atoms with Crippen LogP contribution in [0.1, 0.15) is 39.8 Å². The van der Waals surface area contributed by atoms with Crippen molar-refractivity contribution in [3.63, 3.8) is 0 Å². The fourth-order valence-electron chi connectivity index (χ4n) is 3.20. The summed E-state index contributed by atoms with van der Waals surface area (Å²) in [5.41, 5.74) is 5.59. The van der Waals surface area contributed by atoms with Crippen LogP contribution in [-0.2, 0) is 22.6 Å². The number of carbonyl (C=O) groups is 1. The lowest BCUT2D eigenvalue weighted by molar-refractivity contribution is 0.0453. The minimum Gasteiger partial charge on any atom is -0.379 e. The summed E-state index contributed by atoms with van der Waals surface area (Å²) in [7, 11) is 0. The Labute approximate surface area is 191 Å². The van der Waals surface area contributed by atoms with Crippen molar-refractivity contribution in [2.24, 2.45) is 0 Å². The molecular weight excluding hydrogens is 458 g/mol. The summed E-state index contributed by atoms with van der Waals surface area (Å²) >= 11 is 3.55. The SMILES string of the molecule is CCOCCOCc1cccc(CNC(=O)c2ccc(-n3nc(C)c(Br)c3C)cc2)c1. The molecule has 0 aliphatic rings. The van der Waals surface area contributed by atoms with Crippen molar-refractivity contribution in [1.82, 2.24) is 15.1 Å². The summed E-state index contributed by atoms with van der Waals surface area (Å²) in [5.74, 6) is -0.112. The van der Waals surface area contributed by atoms with Crippen molar-refractivity contribution >= 4 is 21.8 Å². The molecule has 6 nitrogen and oxygen atoms in total. The maximum Gasteiger partial charge on any atom is 0.251 e.